The molecule has 1 unspecified atom stereocenters. The molecule has 1 atom stereocenters. The van der Waals surface area contributed by atoms with Crippen LogP contribution in [0.4, 0.5) is 5.69 Å². The zero-order chi connectivity index (χ0) is 14.5. The van der Waals surface area contributed by atoms with Crippen molar-refractivity contribution >= 4 is 35.0 Å². The molecule has 1 amide bonds. The quantitative estimate of drug-likeness (QED) is 0.890. The van der Waals surface area contributed by atoms with E-state index in [1.54, 1.807) is 23.9 Å². The van der Waals surface area contributed by atoms with Crippen LogP contribution in [0.15, 0.2) is 12.1 Å². The van der Waals surface area contributed by atoms with Crippen LogP contribution in [0.1, 0.15) is 0 Å². The molecule has 1 aliphatic rings. The summed E-state index contributed by atoms with van der Waals surface area (Å²) in [6.07, 6.45) is 0. The highest BCUT2D eigenvalue weighted by Gasteiger charge is 2.22. The molecule has 1 saturated heterocycles. The lowest BCUT2D eigenvalue weighted by molar-refractivity contribution is -0.117. The second-order valence-corrected chi connectivity index (χ2v) is 5.81. The molecule has 2 rings (SSSR count). The molecule has 0 saturated carbocycles. The van der Waals surface area contributed by atoms with Crippen LogP contribution in [0, 0.1) is 0 Å². The molecule has 1 fully saturated rings. The summed E-state index contributed by atoms with van der Waals surface area (Å²) >= 11 is 7.84. The van der Waals surface area contributed by atoms with Crippen LogP contribution in [-0.2, 0) is 4.79 Å². The monoisotopic (exact) mass is 316 g/mol. The average Bonchev–Trinajstić information content (AvgIpc) is 2.48. The van der Waals surface area contributed by atoms with Crippen LogP contribution >= 0.6 is 23.4 Å². The van der Waals surface area contributed by atoms with Crippen molar-refractivity contribution in [1.29, 1.82) is 0 Å². The number of halogens is 1. The molecule has 0 aromatic heterocycles. The van der Waals surface area contributed by atoms with Crippen LogP contribution in [0.5, 0.6) is 11.5 Å². The van der Waals surface area contributed by atoms with Gasteiger partial charge in [-0.05, 0) is 6.07 Å². The number of hydrogen-bond donors (Lipinski definition) is 2. The molecule has 5 nitrogen and oxygen atoms in total. The first-order valence-electron chi connectivity index (χ1n) is 6.19. The van der Waals surface area contributed by atoms with Crippen molar-refractivity contribution in [2.45, 2.75) is 6.04 Å². The number of rotatable bonds is 4. The third-order valence-corrected chi connectivity index (χ3v) is 4.33. The number of carbonyl (C=O) groups excluding carboxylic acids is 1. The fourth-order valence-electron chi connectivity index (χ4n) is 1.91. The highest BCUT2D eigenvalue weighted by molar-refractivity contribution is 7.99. The van der Waals surface area contributed by atoms with Gasteiger partial charge in [-0.1, -0.05) is 11.6 Å². The molecule has 1 aliphatic heterocycles. The minimum atomic E-state index is -0.195. The first-order valence-corrected chi connectivity index (χ1v) is 7.72. The number of amides is 1. The van der Waals surface area contributed by atoms with Crippen LogP contribution in [0.2, 0.25) is 5.02 Å². The normalized spacial score (nSPS) is 18.4. The van der Waals surface area contributed by atoms with E-state index in [0.29, 0.717) is 22.2 Å². The van der Waals surface area contributed by atoms with Crippen molar-refractivity contribution in [2.75, 3.05) is 37.6 Å². The largest absolute Gasteiger partial charge is 0.495 e. The van der Waals surface area contributed by atoms with Gasteiger partial charge in [-0.15, -0.1) is 0 Å². The number of thioether (sulfide) groups is 1. The fraction of sp³-hybridized carbons (Fsp3) is 0.462. The first-order chi connectivity index (χ1) is 9.65. The molecule has 110 valence electrons. The predicted molar refractivity (Wildman–Crippen MR) is 82.3 cm³/mol. The van der Waals surface area contributed by atoms with E-state index in [2.05, 4.69) is 10.6 Å². The van der Waals surface area contributed by atoms with Crippen molar-refractivity contribution in [3.63, 3.8) is 0 Å². The summed E-state index contributed by atoms with van der Waals surface area (Å²) < 4.78 is 10.4. The topological polar surface area (TPSA) is 59.6 Å². The van der Waals surface area contributed by atoms with Gasteiger partial charge in [0.05, 0.1) is 31.0 Å². The van der Waals surface area contributed by atoms with Crippen molar-refractivity contribution in [1.82, 2.24) is 5.32 Å². The summed E-state index contributed by atoms with van der Waals surface area (Å²) in [6, 6.07) is 3.09. The van der Waals surface area contributed by atoms with E-state index in [0.717, 1.165) is 18.1 Å². The van der Waals surface area contributed by atoms with Crippen molar-refractivity contribution in [3.8, 4) is 11.5 Å². The van der Waals surface area contributed by atoms with E-state index < -0.39 is 0 Å². The van der Waals surface area contributed by atoms with E-state index in [1.807, 2.05) is 0 Å². The highest BCUT2D eigenvalue weighted by Crippen LogP contribution is 2.35. The summed E-state index contributed by atoms with van der Waals surface area (Å²) in [6.45, 7) is 0.837. The van der Waals surface area contributed by atoms with Gasteiger partial charge in [0.1, 0.15) is 11.5 Å². The van der Waals surface area contributed by atoms with Gasteiger partial charge in [0, 0.05) is 24.1 Å². The molecule has 0 bridgehead atoms. The van der Waals surface area contributed by atoms with Gasteiger partial charge in [0.15, 0.2) is 0 Å². The maximum Gasteiger partial charge on any atom is 0.242 e. The summed E-state index contributed by atoms with van der Waals surface area (Å²) in [7, 11) is 3.06. The van der Waals surface area contributed by atoms with Crippen LogP contribution in [0.25, 0.3) is 0 Å². The van der Waals surface area contributed by atoms with Crippen LogP contribution in [0.3, 0.4) is 0 Å². The Bertz CT molecular complexity index is 493. The van der Waals surface area contributed by atoms with E-state index in [1.165, 1.54) is 14.2 Å². The smallest absolute Gasteiger partial charge is 0.242 e. The Morgan fingerprint density at radius 2 is 2.15 bits per heavy atom. The number of carbonyl (C=O) groups is 1. The number of methoxy groups -OCH3 is 2. The number of hydrogen-bond acceptors (Lipinski definition) is 5. The molecule has 7 heteroatoms. The minimum absolute atomic E-state index is 0.0864. The molecule has 1 aromatic rings. The fourth-order valence-corrected chi connectivity index (χ4v) is 3.09. The lowest BCUT2D eigenvalue weighted by atomic mass is 10.2. The first kappa shape index (κ1) is 15.3. The van der Waals surface area contributed by atoms with Gasteiger partial charge in [0.2, 0.25) is 5.91 Å². The lowest BCUT2D eigenvalue weighted by Crippen LogP contribution is -2.46. The SMILES string of the molecule is COc1cc(OC)c(NC(=O)C2CSCCN2)cc1Cl. The molecule has 20 heavy (non-hydrogen) atoms. The van der Waals surface area contributed by atoms with Crippen LogP contribution < -0.4 is 20.1 Å². The molecular weight excluding hydrogens is 300 g/mol. The van der Waals surface area contributed by atoms with Gasteiger partial charge in [-0.3, -0.25) is 4.79 Å². The number of nitrogens with one attached hydrogen (secondary N) is 2. The van der Waals surface area contributed by atoms with E-state index in [4.69, 9.17) is 21.1 Å². The molecule has 0 aliphatic carbocycles. The number of benzene rings is 1. The molecular formula is C13H17ClN2O3S. The molecule has 1 heterocycles. The third kappa shape index (κ3) is 3.50. The second-order valence-electron chi connectivity index (χ2n) is 4.26. The Morgan fingerprint density at radius 1 is 1.40 bits per heavy atom. The van der Waals surface area contributed by atoms with Crippen LogP contribution in [-0.4, -0.2) is 44.2 Å². The van der Waals surface area contributed by atoms with Crippen molar-refractivity contribution in [3.05, 3.63) is 17.2 Å². The summed E-state index contributed by atoms with van der Waals surface area (Å²) in [4.78, 5) is 12.2. The molecule has 0 spiro atoms. The zero-order valence-electron chi connectivity index (χ0n) is 11.4. The summed E-state index contributed by atoms with van der Waals surface area (Å²) in [5.74, 6) is 2.73. The minimum Gasteiger partial charge on any atom is -0.495 e. The summed E-state index contributed by atoms with van der Waals surface area (Å²) in [5, 5.41) is 6.45. The third-order valence-electron chi connectivity index (χ3n) is 2.97. The molecule has 0 radical (unpaired) electrons. The predicted octanol–water partition coefficient (Wildman–Crippen LogP) is 2.00. The van der Waals surface area contributed by atoms with Crippen molar-refractivity contribution < 1.29 is 14.3 Å². The maximum absolute atomic E-state index is 12.2. The van der Waals surface area contributed by atoms with Gasteiger partial charge < -0.3 is 20.1 Å². The maximum atomic E-state index is 12.2. The number of ether oxygens (including phenoxy) is 2. The zero-order valence-corrected chi connectivity index (χ0v) is 12.9. The second kappa shape index (κ2) is 7.06. The average molecular weight is 317 g/mol. The Kier molecular flexibility index (Phi) is 5.39. The Balaban J connectivity index is 2.15. The van der Waals surface area contributed by atoms with Crippen molar-refractivity contribution in [2.24, 2.45) is 0 Å². The van der Waals surface area contributed by atoms with E-state index >= 15 is 0 Å². The lowest BCUT2D eigenvalue weighted by Gasteiger charge is -2.23. The Morgan fingerprint density at radius 3 is 2.75 bits per heavy atom. The number of anilines is 1. The molecule has 1 aromatic carbocycles. The van der Waals surface area contributed by atoms with Gasteiger partial charge >= 0.3 is 0 Å². The standard InChI is InChI=1S/C13H17ClN2O3S/c1-18-11-6-12(19-2)9(5-8(11)14)16-13(17)10-7-20-4-3-15-10/h5-6,10,15H,3-4,7H2,1-2H3,(H,16,17). The van der Waals surface area contributed by atoms with Gasteiger partial charge in [0.25, 0.3) is 0 Å². The van der Waals surface area contributed by atoms with Gasteiger partial charge in [-0.2, -0.15) is 11.8 Å². The van der Waals surface area contributed by atoms with Gasteiger partial charge in [-0.25, -0.2) is 0 Å². The van der Waals surface area contributed by atoms with E-state index in [-0.39, 0.29) is 11.9 Å². The summed E-state index contributed by atoms with van der Waals surface area (Å²) in [5.41, 5.74) is 0.542. The Hall–Kier alpha value is -1.11. The van der Waals surface area contributed by atoms with E-state index in [9.17, 15) is 4.79 Å². The highest BCUT2D eigenvalue weighted by atomic mass is 35.5. The molecule has 2 N–H and O–H groups in total. The Labute approximate surface area is 127 Å².